The van der Waals surface area contributed by atoms with Crippen LogP contribution in [-0.4, -0.2) is 33.3 Å². The molecule has 0 aliphatic rings. The Balaban J connectivity index is 1.75. The number of rotatable bonds is 6. The molecule has 0 fully saturated rings. The quantitative estimate of drug-likeness (QED) is 0.760. The van der Waals surface area contributed by atoms with Crippen LogP contribution < -0.4 is 10.6 Å². The van der Waals surface area contributed by atoms with Crippen LogP contribution in [0.15, 0.2) is 43.0 Å². The number of aliphatic hydroxyl groups excluding tert-OH is 1. The Morgan fingerprint density at radius 2 is 2.32 bits per heavy atom. The van der Waals surface area contributed by atoms with E-state index in [0.717, 1.165) is 0 Å². The van der Waals surface area contributed by atoms with E-state index < -0.39 is 6.10 Å². The molecule has 1 heterocycles. The zero-order valence-corrected chi connectivity index (χ0v) is 13.0. The minimum absolute atomic E-state index is 0.0579. The molecule has 0 unspecified atom stereocenters. The number of carbonyl (C=O) groups is 1. The fourth-order valence-corrected chi connectivity index (χ4v) is 2.25. The molecular weight excluding hydrogens is 304 g/mol. The average molecular weight is 323 g/mol. The Morgan fingerprint density at radius 3 is 3.00 bits per heavy atom. The highest BCUT2D eigenvalue weighted by molar-refractivity contribution is 6.30. The second-order valence-corrected chi connectivity index (χ2v) is 5.52. The average Bonchev–Trinajstić information content (AvgIpc) is 2.97. The Morgan fingerprint density at radius 1 is 1.50 bits per heavy atom. The highest BCUT2D eigenvalue weighted by Crippen LogP contribution is 2.16. The van der Waals surface area contributed by atoms with E-state index in [-0.39, 0.29) is 18.6 Å². The number of aromatic nitrogens is 2. The van der Waals surface area contributed by atoms with Crippen molar-refractivity contribution < 1.29 is 9.90 Å². The summed E-state index contributed by atoms with van der Waals surface area (Å²) in [4.78, 5) is 15.7. The van der Waals surface area contributed by atoms with Gasteiger partial charge in [0.15, 0.2) is 0 Å². The third-order valence-corrected chi connectivity index (χ3v) is 3.35. The van der Waals surface area contributed by atoms with E-state index in [1.165, 1.54) is 0 Å². The molecule has 2 aromatic rings. The van der Waals surface area contributed by atoms with Crippen molar-refractivity contribution in [3.63, 3.8) is 0 Å². The van der Waals surface area contributed by atoms with Gasteiger partial charge in [0.2, 0.25) is 0 Å². The van der Waals surface area contributed by atoms with Crippen LogP contribution in [0.2, 0.25) is 5.02 Å². The molecule has 22 heavy (non-hydrogen) atoms. The number of hydrogen-bond donors (Lipinski definition) is 3. The van der Waals surface area contributed by atoms with Gasteiger partial charge in [-0.15, -0.1) is 0 Å². The van der Waals surface area contributed by atoms with Gasteiger partial charge in [-0.25, -0.2) is 9.78 Å². The summed E-state index contributed by atoms with van der Waals surface area (Å²) in [5, 5.41) is 16.0. The summed E-state index contributed by atoms with van der Waals surface area (Å²) in [5.74, 6) is 0. The number of nitrogens with one attached hydrogen (secondary N) is 2. The minimum atomic E-state index is -0.798. The number of hydrogen-bond acceptors (Lipinski definition) is 3. The van der Waals surface area contributed by atoms with E-state index in [1.807, 2.05) is 17.7 Å². The Kier molecular flexibility index (Phi) is 5.80. The van der Waals surface area contributed by atoms with Crippen LogP contribution in [0.4, 0.5) is 4.79 Å². The van der Waals surface area contributed by atoms with Gasteiger partial charge in [-0.2, -0.15) is 0 Å². The molecule has 0 bridgehead atoms. The number of nitrogens with zero attached hydrogens (tertiary/aromatic N) is 2. The molecule has 7 heteroatoms. The van der Waals surface area contributed by atoms with Gasteiger partial charge in [0.1, 0.15) is 0 Å². The second kappa shape index (κ2) is 7.82. The topological polar surface area (TPSA) is 79.2 Å². The highest BCUT2D eigenvalue weighted by atomic mass is 35.5. The number of halogens is 1. The van der Waals surface area contributed by atoms with Gasteiger partial charge in [-0.05, 0) is 24.6 Å². The Labute approximate surface area is 134 Å². The molecule has 1 aromatic carbocycles. The number of urea groups is 1. The first-order valence-corrected chi connectivity index (χ1v) is 7.36. The lowest BCUT2D eigenvalue weighted by molar-refractivity contribution is 0.172. The lowest BCUT2D eigenvalue weighted by atomic mass is 10.1. The van der Waals surface area contributed by atoms with Crippen LogP contribution in [0.25, 0.3) is 0 Å². The molecule has 1 aromatic heterocycles. The maximum atomic E-state index is 11.8. The molecule has 0 saturated carbocycles. The van der Waals surface area contributed by atoms with Crippen molar-refractivity contribution in [3.8, 4) is 0 Å². The van der Waals surface area contributed by atoms with E-state index in [1.54, 1.807) is 36.8 Å². The van der Waals surface area contributed by atoms with Gasteiger partial charge in [0.25, 0.3) is 0 Å². The molecule has 0 radical (unpaired) electrons. The highest BCUT2D eigenvalue weighted by Gasteiger charge is 2.11. The van der Waals surface area contributed by atoms with Crippen LogP contribution in [0.3, 0.4) is 0 Å². The molecule has 0 spiro atoms. The molecule has 0 saturated heterocycles. The molecule has 3 N–H and O–H groups in total. The van der Waals surface area contributed by atoms with Crippen LogP contribution in [0.5, 0.6) is 0 Å². The van der Waals surface area contributed by atoms with E-state index in [9.17, 15) is 9.90 Å². The number of aliphatic hydroxyl groups is 1. The van der Waals surface area contributed by atoms with Crippen molar-refractivity contribution in [1.82, 2.24) is 20.2 Å². The summed E-state index contributed by atoms with van der Waals surface area (Å²) in [7, 11) is 0. The first-order chi connectivity index (χ1) is 10.5. The molecule has 118 valence electrons. The van der Waals surface area contributed by atoms with E-state index in [2.05, 4.69) is 15.6 Å². The SMILES string of the molecule is C[C@@H](Cn1ccnc1)NC(=O)NC[C@@H](O)c1cccc(Cl)c1. The maximum Gasteiger partial charge on any atom is 0.315 e. The zero-order chi connectivity index (χ0) is 15.9. The van der Waals surface area contributed by atoms with Crippen LogP contribution in [0, 0.1) is 0 Å². The summed E-state index contributed by atoms with van der Waals surface area (Å²) in [5.41, 5.74) is 0.666. The molecule has 2 atom stereocenters. The fourth-order valence-electron chi connectivity index (χ4n) is 2.05. The normalized spacial score (nSPS) is 13.4. The Bertz CT molecular complexity index is 603. The number of amides is 2. The monoisotopic (exact) mass is 322 g/mol. The summed E-state index contributed by atoms with van der Waals surface area (Å²) in [6.45, 7) is 2.64. The molecule has 2 rings (SSSR count). The summed E-state index contributed by atoms with van der Waals surface area (Å²) in [6, 6.07) is 6.54. The van der Waals surface area contributed by atoms with Crippen molar-refractivity contribution in [1.29, 1.82) is 0 Å². The minimum Gasteiger partial charge on any atom is -0.387 e. The molecule has 0 aliphatic carbocycles. The second-order valence-electron chi connectivity index (χ2n) is 5.09. The third-order valence-electron chi connectivity index (χ3n) is 3.11. The first-order valence-electron chi connectivity index (χ1n) is 6.98. The third kappa shape index (κ3) is 5.05. The molecule has 6 nitrogen and oxygen atoms in total. The fraction of sp³-hybridized carbons (Fsp3) is 0.333. The summed E-state index contributed by atoms with van der Waals surface area (Å²) < 4.78 is 1.88. The zero-order valence-electron chi connectivity index (χ0n) is 12.2. The van der Waals surface area contributed by atoms with Crippen molar-refractivity contribution >= 4 is 17.6 Å². The maximum absolute atomic E-state index is 11.8. The number of imidazole rings is 1. The van der Waals surface area contributed by atoms with E-state index in [4.69, 9.17) is 11.6 Å². The van der Waals surface area contributed by atoms with E-state index in [0.29, 0.717) is 17.1 Å². The van der Waals surface area contributed by atoms with Crippen molar-refractivity contribution in [2.45, 2.75) is 25.6 Å². The van der Waals surface area contributed by atoms with Crippen molar-refractivity contribution in [3.05, 3.63) is 53.6 Å². The van der Waals surface area contributed by atoms with Gasteiger partial charge >= 0.3 is 6.03 Å². The van der Waals surface area contributed by atoms with Crippen LogP contribution >= 0.6 is 11.6 Å². The first kappa shape index (κ1) is 16.3. The molecular formula is C15H19ClN4O2. The Hall–Kier alpha value is -2.05. The van der Waals surface area contributed by atoms with Gasteiger partial charge < -0.3 is 20.3 Å². The molecule has 0 aliphatic heterocycles. The lowest BCUT2D eigenvalue weighted by Gasteiger charge is -2.17. The van der Waals surface area contributed by atoms with Crippen molar-refractivity contribution in [2.24, 2.45) is 0 Å². The largest absolute Gasteiger partial charge is 0.387 e. The lowest BCUT2D eigenvalue weighted by Crippen LogP contribution is -2.43. The van der Waals surface area contributed by atoms with Crippen molar-refractivity contribution in [2.75, 3.05) is 6.54 Å². The molecule has 2 amide bonds. The predicted octanol–water partition coefficient (Wildman–Crippen LogP) is 1.96. The van der Waals surface area contributed by atoms with Gasteiger partial charge in [-0.3, -0.25) is 0 Å². The van der Waals surface area contributed by atoms with Gasteiger partial charge in [0.05, 0.1) is 12.4 Å². The van der Waals surface area contributed by atoms with Gasteiger partial charge in [-0.1, -0.05) is 23.7 Å². The number of carbonyl (C=O) groups excluding carboxylic acids is 1. The van der Waals surface area contributed by atoms with E-state index >= 15 is 0 Å². The number of benzene rings is 1. The summed E-state index contributed by atoms with van der Waals surface area (Å²) >= 11 is 5.87. The summed E-state index contributed by atoms with van der Waals surface area (Å²) in [6.07, 6.45) is 4.42. The predicted molar refractivity (Wildman–Crippen MR) is 84.6 cm³/mol. The smallest absolute Gasteiger partial charge is 0.315 e. The van der Waals surface area contributed by atoms with Crippen LogP contribution in [-0.2, 0) is 6.54 Å². The van der Waals surface area contributed by atoms with Gasteiger partial charge in [0, 0.05) is 36.5 Å². The standard InChI is InChI=1S/C15H19ClN4O2/c1-11(9-20-6-5-17-10-20)19-15(22)18-8-14(21)12-3-2-4-13(16)7-12/h2-7,10-11,14,21H,8-9H2,1H3,(H2,18,19,22)/t11-,14+/m0/s1. The van der Waals surface area contributed by atoms with Crippen LogP contribution in [0.1, 0.15) is 18.6 Å².